The highest BCUT2D eigenvalue weighted by molar-refractivity contribution is 6.00. The molecule has 3 heteroatoms. The largest absolute Gasteiger partial charge is 0.657 e. The van der Waals surface area contributed by atoms with E-state index >= 15 is 0 Å². The summed E-state index contributed by atoms with van der Waals surface area (Å²) in [6, 6.07) is 0. The van der Waals surface area contributed by atoms with Gasteiger partial charge < -0.3 is 3.79 Å². The molecule has 0 heterocycles. The topological polar surface area (TPSA) is 26.3 Å². The van der Waals surface area contributed by atoms with Crippen LogP contribution in [0.4, 0.5) is 0 Å². The first-order chi connectivity index (χ1) is 4.63. The molecule has 0 aliphatic carbocycles. The molecule has 0 spiro atoms. The van der Waals surface area contributed by atoms with Crippen molar-refractivity contribution in [3.05, 3.63) is 11.3 Å². The number of rotatable bonds is 3. The molecule has 0 N–H and O–H groups in total. The molecule has 0 aliphatic heterocycles. The fraction of sp³-hybridized carbons (Fsp3) is 0.571. The van der Waals surface area contributed by atoms with E-state index in [1.54, 1.807) is 13.8 Å². The van der Waals surface area contributed by atoms with E-state index in [2.05, 4.69) is 16.6 Å². The molecule has 0 saturated carbocycles. The van der Waals surface area contributed by atoms with E-state index < -0.39 is 0 Å². The minimum atomic E-state index is 0.0856. The Labute approximate surface area is 70.0 Å². The van der Waals surface area contributed by atoms with Crippen LogP contribution < -0.4 is 0 Å². The molecule has 0 rings (SSSR count). The zero-order chi connectivity index (χ0) is 8.15. The normalized spacial score (nSPS) is 12.3. The lowest BCUT2D eigenvalue weighted by Gasteiger charge is -2.07. The van der Waals surface area contributed by atoms with Crippen LogP contribution in [0, 0.1) is 0 Å². The molecule has 2 nitrogen and oxygen atoms in total. The van der Waals surface area contributed by atoms with Gasteiger partial charge in [-0.2, -0.15) is 0 Å². The van der Waals surface area contributed by atoms with Crippen LogP contribution in [0.5, 0.6) is 0 Å². The van der Waals surface area contributed by atoms with Crippen molar-refractivity contribution in [1.29, 1.82) is 0 Å². The number of Topliss-reactive ketones (excluding diaryl/α,β-unsaturated/α-hetero) is 1. The van der Waals surface area contributed by atoms with Gasteiger partial charge in [0.1, 0.15) is 0 Å². The number of carbonyl (C=O) groups excluding carboxylic acids is 1. The Hall–Kier alpha value is -0.258. The molecule has 2 radical (unpaired) electrons. The van der Waals surface area contributed by atoms with Crippen LogP contribution in [0.2, 0.25) is 0 Å². The van der Waals surface area contributed by atoms with Crippen molar-refractivity contribution < 1.29 is 8.58 Å². The number of ketones is 1. The number of hydrogen-bond acceptors (Lipinski definition) is 2. The van der Waals surface area contributed by atoms with Gasteiger partial charge in [0.25, 0.3) is 0 Å². The Morgan fingerprint density at radius 1 is 1.50 bits per heavy atom. The maximum absolute atomic E-state index is 10.8. The fourth-order valence-corrected chi connectivity index (χ4v) is 0.959. The molecule has 0 fully saturated rings. The molecule has 0 saturated heterocycles. The van der Waals surface area contributed by atoms with Gasteiger partial charge in [0, 0.05) is 5.57 Å². The summed E-state index contributed by atoms with van der Waals surface area (Å²) in [7, 11) is 0. The minimum absolute atomic E-state index is 0.0856. The molecular formula is C7H11AlO2. The van der Waals surface area contributed by atoms with E-state index in [1.807, 2.05) is 6.92 Å². The predicted octanol–water partition coefficient (Wildman–Crippen LogP) is 1.36. The van der Waals surface area contributed by atoms with Gasteiger partial charge in [0.05, 0.1) is 5.76 Å². The second kappa shape index (κ2) is 4.54. The summed E-state index contributed by atoms with van der Waals surface area (Å²) >= 11 is 2.13. The highest BCUT2D eigenvalue weighted by Gasteiger charge is 2.03. The first kappa shape index (κ1) is 9.74. The van der Waals surface area contributed by atoms with Crippen LogP contribution in [0.15, 0.2) is 11.3 Å². The number of allylic oxidation sites excluding steroid dienone is 2. The molecule has 0 aromatic heterocycles. The summed E-state index contributed by atoms with van der Waals surface area (Å²) < 4.78 is 4.84. The van der Waals surface area contributed by atoms with Gasteiger partial charge in [-0.15, -0.1) is 0 Å². The third-order valence-electron chi connectivity index (χ3n) is 1.38. The van der Waals surface area contributed by atoms with Gasteiger partial charge in [0.15, 0.2) is 5.78 Å². The SMILES string of the molecule is CC/C(C(C)=O)=C(\C)[O][Al]. The fourth-order valence-electron chi connectivity index (χ4n) is 0.817. The van der Waals surface area contributed by atoms with Crippen molar-refractivity contribution in [2.75, 3.05) is 0 Å². The molecule has 0 unspecified atom stereocenters. The highest BCUT2D eigenvalue weighted by Crippen LogP contribution is 2.08. The summed E-state index contributed by atoms with van der Waals surface area (Å²) in [5, 5.41) is 0. The number of carbonyl (C=O) groups is 1. The molecule has 10 heavy (non-hydrogen) atoms. The van der Waals surface area contributed by atoms with Gasteiger partial charge in [-0.25, -0.2) is 0 Å². The van der Waals surface area contributed by atoms with Gasteiger partial charge in [-0.05, 0) is 20.3 Å². The monoisotopic (exact) mass is 154 g/mol. The summed E-state index contributed by atoms with van der Waals surface area (Å²) in [5.41, 5.74) is 0.759. The molecule has 0 aromatic rings. The average molecular weight is 154 g/mol. The van der Waals surface area contributed by atoms with Crippen molar-refractivity contribution >= 4 is 22.4 Å². The second-order valence-corrected chi connectivity index (χ2v) is 2.30. The standard InChI is InChI=1S/C7H12O2.Al/c1-4-7(5(2)8)6(3)9;/h8H,4H2,1-3H3;/q;+1/p-1/b7-5-;. The van der Waals surface area contributed by atoms with E-state index in [0.717, 1.165) is 12.0 Å². The maximum atomic E-state index is 10.8. The quantitative estimate of drug-likeness (QED) is 0.348. The van der Waals surface area contributed by atoms with Crippen LogP contribution in [-0.2, 0) is 8.58 Å². The first-order valence-electron chi connectivity index (χ1n) is 3.20. The van der Waals surface area contributed by atoms with E-state index in [4.69, 9.17) is 3.79 Å². The molecular weight excluding hydrogens is 143 g/mol. The molecule has 0 atom stereocenters. The van der Waals surface area contributed by atoms with Crippen molar-refractivity contribution in [1.82, 2.24) is 0 Å². The smallest absolute Gasteiger partial charge is 0.481 e. The van der Waals surface area contributed by atoms with Crippen molar-refractivity contribution in [2.24, 2.45) is 0 Å². The average Bonchev–Trinajstić information content (AvgIpc) is 1.88. The van der Waals surface area contributed by atoms with E-state index in [9.17, 15) is 4.79 Å². The third kappa shape index (κ3) is 2.55. The maximum Gasteiger partial charge on any atom is 0.481 e. The summed E-state index contributed by atoms with van der Waals surface area (Å²) in [6.45, 7) is 5.27. The summed E-state index contributed by atoms with van der Waals surface area (Å²) in [4.78, 5) is 10.8. The van der Waals surface area contributed by atoms with E-state index in [0.29, 0.717) is 5.76 Å². The zero-order valence-electron chi connectivity index (χ0n) is 6.60. The van der Waals surface area contributed by atoms with Crippen LogP contribution in [0.3, 0.4) is 0 Å². The van der Waals surface area contributed by atoms with Gasteiger partial charge >= 0.3 is 16.6 Å². The van der Waals surface area contributed by atoms with Gasteiger partial charge in [0.2, 0.25) is 0 Å². The van der Waals surface area contributed by atoms with Crippen LogP contribution in [-0.4, -0.2) is 22.4 Å². The van der Waals surface area contributed by atoms with Crippen molar-refractivity contribution in [3.8, 4) is 0 Å². The van der Waals surface area contributed by atoms with Crippen molar-refractivity contribution in [2.45, 2.75) is 27.2 Å². The minimum Gasteiger partial charge on any atom is -0.657 e. The Balaban J connectivity index is 4.45. The highest BCUT2D eigenvalue weighted by atomic mass is 27.1. The van der Waals surface area contributed by atoms with Crippen LogP contribution in [0.25, 0.3) is 0 Å². The summed E-state index contributed by atoms with van der Waals surface area (Å²) in [6.07, 6.45) is 0.732. The first-order valence-corrected chi connectivity index (χ1v) is 3.68. The van der Waals surface area contributed by atoms with Gasteiger partial charge in [-0.3, -0.25) is 4.79 Å². The van der Waals surface area contributed by atoms with Gasteiger partial charge in [-0.1, -0.05) is 6.92 Å². The lowest BCUT2D eigenvalue weighted by Crippen LogP contribution is -2.00. The Morgan fingerprint density at radius 2 is 2.00 bits per heavy atom. The second-order valence-electron chi connectivity index (χ2n) is 2.06. The Kier molecular flexibility index (Phi) is 4.42. The lowest BCUT2D eigenvalue weighted by molar-refractivity contribution is -0.113. The van der Waals surface area contributed by atoms with E-state index in [-0.39, 0.29) is 5.78 Å². The Bertz CT molecular complexity index is 161. The van der Waals surface area contributed by atoms with Crippen LogP contribution in [0.1, 0.15) is 27.2 Å². The molecule has 0 aromatic carbocycles. The Morgan fingerprint density at radius 3 is 2.10 bits per heavy atom. The molecule has 0 aliphatic rings. The third-order valence-corrected chi connectivity index (χ3v) is 1.73. The molecule has 0 bridgehead atoms. The van der Waals surface area contributed by atoms with Crippen molar-refractivity contribution in [3.63, 3.8) is 0 Å². The zero-order valence-corrected chi connectivity index (χ0v) is 7.76. The predicted molar refractivity (Wildman–Crippen MR) is 40.5 cm³/mol. The van der Waals surface area contributed by atoms with Crippen LogP contribution >= 0.6 is 0 Å². The molecule has 0 amide bonds. The lowest BCUT2D eigenvalue weighted by atomic mass is 10.1. The van der Waals surface area contributed by atoms with E-state index in [1.165, 1.54) is 0 Å². The summed E-state index contributed by atoms with van der Waals surface area (Å²) in [5.74, 6) is 0.780. The number of hydrogen-bond donors (Lipinski definition) is 0. The molecule has 54 valence electrons.